The van der Waals surface area contributed by atoms with Gasteiger partial charge in [0.05, 0.1) is 18.5 Å². The molecule has 0 saturated carbocycles. The lowest BCUT2D eigenvalue weighted by atomic mass is 10.1. The number of amides is 1. The minimum absolute atomic E-state index is 0.0775. The summed E-state index contributed by atoms with van der Waals surface area (Å²) in [5, 5.41) is 5.61. The van der Waals surface area contributed by atoms with Gasteiger partial charge in [0, 0.05) is 5.69 Å². The molecule has 0 aliphatic carbocycles. The van der Waals surface area contributed by atoms with Crippen LogP contribution < -0.4 is 10.6 Å². The van der Waals surface area contributed by atoms with E-state index >= 15 is 0 Å². The Kier molecular flexibility index (Phi) is 5.47. The number of carbonyl (C=O) groups excluding carboxylic acids is 1. The first-order valence-electron chi connectivity index (χ1n) is 7.67. The average molecular weight is 322 g/mol. The lowest BCUT2D eigenvalue weighted by Crippen LogP contribution is -2.27. The van der Waals surface area contributed by atoms with Gasteiger partial charge in [0.25, 0.3) is 0 Å². The molecule has 1 heterocycles. The van der Waals surface area contributed by atoms with E-state index < -0.39 is 17.5 Å². The van der Waals surface area contributed by atoms with Crippen LogP contribution in [-0.2, 0) is 9.47 Å². The van der Waals surface area contributed by atoms with Crippen LogP contribution in [0.1, 0.15) is 33.6 Å². The quantitative estimate of drug-likeness (QED) is 0.869. The summed E-state index contributed by atoms with van der Waals surface area (Å²) in [4.78, 5) is 11.7. The smallest absolute Gasteiger partial charge is 0.412 e. The second kappa shape index (κ2) is 7.35. The van der Waals surface area contributed by atoms with Crippen LogP contribution in [0.25, 0.3) is 0 Å². The highest BCUT2D eigenvalue weighted by Crippen LogP contribution is 2.21. The predicted molar refractivity (Wildman–Crippen MR) is 88.0 cm³/mol. The predicted octanol–water partition coefficient (Wildman–Crippen LogP) is 4.28. The zero-order valence-electron chi connectivity index (χ0n) is 13.7. The number of hydrogen-bond acceptors (Lipinski definition) is 4. The summed E-state index contributed by atoms with van der Waals surface area (Å²) >= 11 is 0. The molecule has 0 saturated heterocycles. The van der Waals surface area contributed by atoms with Crippen molar-refractivity contribution in [2.45, 2.75) is 45.3 Å². The number of ether oxygens (including phenoxy) is 2. The van der Waals surface area contributed by atoms with E-state index in [2.05, 4.69) is 10.6 Å². The highest BCUT2D eigenvalue weighted by molar-refractivity contribution is 5.85. The minimum Gasteiger partial charge on any atom is -0.497 e. The monoisotopic (exact) mass is 322 g/mol. The number of halogens is 1. The summed E-state index contributed by atoms with van der Waals surface area (Å²) in [5.41, 5.74) is 0.145. The van der Waals surface area contributed by atoms with Crippen molar-refractivity contribution < 1.29 is 18.7 Å². The molecule has 126 valence electrons. The maximum absolute atomic E-state index is 13.8. The molecular weight excluding hydrogens is 299 g/mol. The first kappa shape index (κ1) is 17.1. The van der Waals surface area contributed by atoms with Crippen LogP contribution in [0.4, 0.5) is 20.6 Å². The molecule has 0 fully saturated rings. The van der Waals surface area contributed by atoms with E-state index in [1.165, 1.54) is 12.1 Å². The fraction of sp³-hybridized carbons (Fsp3) is 0.471. The van der Waals surface area contributed by atoms with E-state index in [1.807, 2.05) is 6.08 Å². The van der Waals surface area contributed by atoms with Crippen molar-refractivity contribution >= 4 is 17.5 Å². The summed E-state index contributed by atoms with van der Waals surface area (Å²) in [6.45, 7) is 5.86. The van der Waals surface area contributed by atoms with Crippen LogP contribution in [0.2, 0.25) is 0 Å². The molecule has 1 aliphatic heterocycles. The zero-order valence-corrected chi connectivity index (χ0v) is 13.7. The Balaban J connectivity index is 1.95. The first-order chi connectivity index (χ1) is 10.8. The molecule has 2 rings (SSSR count). The molecule has 0 spiro atoms. The van der Waals surface area contributed by atoms with Gasteiger partial charge in [-0.05, 0) is 57.9 Å². The van der Waals surface area contributed by atoms with Crippen LogP contribution in [0.15, 0.2) is 30.5 Å². The van der Waals surface area contributed by atoms with Crippen molar-refractivity contribution in [1.29, 1.82) is 0 Å². The second-order valence-electron chi connectivity index (χ2n) is 6.41. The molecule has 1 atom stereocenters. The number of carbonyl (C=O) groups is 1. The molecule has 1 unspecified atom stereocenters. The molecule has 0 radical (unpaired) electrons. The molecule has 1 aromatic rings. The van der Waals surface area contributed by atoms with E-state index in [0.29, 0.717) is 12.2 Å². The number of anilines is 2. The van der Waals surface area contributed by atoms with Gasteiger partial charge in [-0.1, -0.05) is 0 Å². The van der Waals surface area contributed by atoms with Gasteiger partial charge in [-0.15, -0.1) is 0 Å². The highest BCUT2D eigenvalue weighted by atomic mass is 19.1. The van der Waals surface area contributed by atoms with Crippen molar-refractivity contribution in [2.24, 2.45) is 0 Å². The third-order valence-corrected chi connectivity index (χ3v) is 3.16. The van der Waals surface area contributed by atoms with Gasteiger partial charge in [-0.2, -0.15) is 0 Å². The van der Waals surface area contributed by atoms with Gasteiger partial charge < -0.3 is 14.8 Å². The topological polar surface area (TPSA) is 59.6 Å². The number of allylic oxidation sites excluding steroid dienone is 1. The zero-order chi connectivity index (χ0) is 16.9. The van der Waals surface area contributed by atoms with Crippen molar-refractivity contribution in [3.63, 3.8) is 0 Å². The van der Waals surface area contributed by atoms with E-state index in [-0.39, 0.29) is 11.8 Å². The summed E-state index contributed by atoms with van der Waals surface area (Å²) in [6.07, 6.45) is 5.02. The average Bonchev–Trinajstić information content (AvgIpc) is 2.47. The van der Waals surface area contributed by atoms with Crippen LogP contribution in [0.5, 0.6) is 0 Å². The fourth-order valence-corrected chi connectivity index (χ4v) is 2.11. The maximum Gasteiger partial charge on any atom is 0.412 e. The van der Waals surface area contributed by atoms with Gasteiger partial charge in [0.15, 0.2) is 0 Å². The van der Waals surface area contributed by atoms with Crippen LogP contribution in [0, 0.1) is 5.82 Å². The van der Waals surface area contributed by atoms with Gasteiger partial charge in [0.1, 0.15) is 17.5 Å². The summed E-state index contributed by atoms with van der Waals surface area (Å²) in [6, 6.07) is 4.46. The molecule has 23 heavy (non-hydrogen) atoms. The molecule has 0 aromatic heterocycles. The lowest BCUT2D eigenvalue weighted by molar-refractivity contribution is 0.0635. The Labute approximate surface area is 135 Å². The minimum atomic E-state index is -0.686. The summed E-state index contributed by atoms with van der Waals surface area (Å²) < 4.78 is 24.4. The normalized spacial score (nSPS) is 17.3. The first-order valence-corrected chi connectivity index (χ1v) is 7.67. The van der Waals surface area contributed by atoms with Crippen LogP contribution in [-0.4, -0.2) is 24.3 Å². The lowest BCUT2D eigenvalue weighted by Gasteiger charge is -2.21. The molecule has 1 aliphatic rings. The van der Waals surface area contributed by atoms with Crippen molar-refractivity contribution in [2.75, 3.05) is 17.2 Å². The Hall–Kier alpha value is -2.24. The number of nitrogens with one attached hydrogen (secondary N) is 2. The van der Waals surface area contributed by atoms with Crippen molar-refractivity contribution in [3.05, 3.63) is 36.4 Å². The van der Waals surface area contributed by atoms with Gasteiger partial charge in [0.2, 0.25) is 0 Å². The second-order valence-corrected chi connectivity index (χ2v) is 6.41. The van der Waals surface area contributed by atoms with Gasteiger partial charge >= 0.3 is 6.09 Å². The van der Waals surface area contributed by atoms with Crippen LogP contribution in [0.3, 0.4) is 0 Å². The van der Waals surface area contributed by atoms with Crippen molar-refractivity contribution in [1.82, 2.24) is 0 Å². The molecule has 6 heteroatoms. The van der Waals surface area contributed by atoms with Crippen molar-refractivity contribution in [3.8, 4) is 0 Å². The standard InChI is InChI=1S/C17H23FN2O3/c1-17(2,3)23-16(21)20-15-10-12(7-8-14(15)18)19-11-13-6-4-5-9-22-13/h5,7-10,13,19H,4,6,11H2,1-3H3,(H,20,21). The van der Waals surface area contributed by atoms with E-state index in [9.17, 15) is 9.18 Å². The third kappa shape index (κ3) is 5.81. The Bertz CT molecular complexity index is 582. The number of hydrogen-bond donors (Lipinski definition) is 2. The SMILES string of the molecule is CC(C)(C)OC(=O)Nc1cc(NCC2CCC=CO2)ccc1F. The molecule has 1 aromatic carbocycles. The van der Waals surface area contributed by atoms with Gasteiger partial charge in [-0.3, -0.25) is 5.32 Å². The molecule has 1 amide bonds. The molecular formula is C17H23FN2O3. The Morgan fingerprint density at radius 3 is 2.87 bits per heavy atom. The highest BCUT2D eigenvalue weighted by Gasteiger charge is 2.18. The maximum atomic E-state index is 13.8. The summed E-state index contributed by atoms with van der Waals surface area (Å²) in [5.74, 6) is -0.516. The third-order valence-electron chi connectivity index (χ3n) is 3.16. The van der Waals surface area contributed by atoms with Gasteiger partial charge in [-0.25, -0.2) is 9.18 Å². The Morgan fingerprint density at radius 1 is 1.43 bits per heavy atom. The number of benzene rings is 1. The van der Waals surface area contributed by atoms with E-state index in [0.717, 1.165) is 12.8 Å². The molecule has 2 N–H and O–H groups in total. The molecule has 0 bridgehead atoms. The Morgan fingerprint density at radius 2 is 2.22 bits per heavy atom. The fourth-order valence-electron chi connectivity index (χ4n) is 2.11. The number of rotatable bonds is 4. The largest absolute Gasteiger partial charge is 0.497 e. The molecule has 5 nitrogen and oxygen atoms in total. The van der Waals surface area contributed by atoms with E-state index in [4.69, 9.17) is 9.47 Å². The van der Waals surface area contributed by atoms with E-state index in [1.54, 1.807) is 33.1 Å². The van der Waals surface area contributed by atoms with Crippen LogP contribution >= 0.6 is 0 Å². The summed E-state index contributed by atoms with van der Waals surface area (Å²) in [7, 11) is 0.